The molecule has 0 saturated carbocycles. The predicted octanol–water partition coefficient (Wildman–Crippen LogP) is 1.90. The zero-order chi connectivity index (χ0) is 15.7. The lowest BCUT2D eigenvalue weighted by Gasteiger charge is -2.32. The Morgan fingerprint density at radius 3 is 2.77 bits per heavy atom. The first kappa shape index (κ1) is 14.8. The van der Waals surface area contributed by atoms with Gasteiger partial charge < -0.3 is 9.84 Å². The molecule has 1 saturated heterocycles. The fourth-order valence-electron chi connectivity index (χ4n) is 3.14. The summed E-state index contributed by atoms with van der Waals surface area (Å²) < 4.78 is 5.13. The largest absolute Gasteiger partial charge is 0.447 e. The molecule has 1 N–H and O–H groups in total. The standard InChI is InChI=1S/C17H19NO4/c1-17(10-12-6-3-2-4-7-12)11-22-16(21)18(17)15(20)13-8-5-9-14(13)19/h2-7,9,13-14,19H,8,10-11H2,1H3/t13?,14?,17-/m0/s1. The van der Waals surface area contributed by atoms with Crippen molar-refractivity contribution in [2.24, 2.45) is 5.92 Å². The van der Waals surface area contributed by atoms with E-state index in [1.54, 1.807) is 12.2 Å². The molecule has 5 heteroatoms. The smallest absolute Gasteiger partial charge is 0.417 e. The van der Waals surface area contributed by atoms with Crippen LogP contribution in [0.3, 0.4) is 0 Å². The van der Waals surface area contributed by atoms with Crippen molar-refractivity contribution >= 4 is 12.0 Å². The van der Waals surface area contributed by atoms with Crippen LogP contribution in [0.1, 0.15) is 18.9 Å². The molecule has 5 nitrogen and oxygen atoms in total. The fraction of sp³-hybridized carbons (Fsp3) is 0.412. The first-order valence-corrected chi connectivity index (χ1v) is 7.41. The number of aliphatic hydroxyl groups is 1. The average Bonchev–Trinajstić information content (AvgIpc) is 3.04. The number of rotatable bonds is 3. The van der Waals surface area contributed by atoms with E-state index in [-0.39, 0.29) is 12.5 Å². The zero-order valence-corrected chi connectivity index (χ0v) is 12.4. The molecule has 3 rings (SSSR count). The summed E-state index contributed by atoms with van der Waals surface area (Å²) in [4.78, 5) is 26.0. The molecule has 0 radical (unpaired) electrons. The third kappa shape index (κ3) is 2.52. The number of nitrogens with zero attached hydrogens (tertiary/aromatic N) is 1. The number of ether oxygens (including phenoxy) is 1. The lowest BCUT2D eigenvalue weighted by atomic mass is 9.90. The van der Waals surface area contributed by atoms with Crippen molar-refractivity contribution in [3.63, 3.8) is 0 Å². The highest BCUT2D eigenvalue weighted by atomic mass is 16.6. The number of hydrogen-bond donors (Lipinski definition) is 1. The van der Waals surface area contributed by atoms with Gasteiger partial charge in [-0.25, -0.2) is 9.69 Å². The number of amides is 2. The first-order valence-electron chi connectivity index (χ1n) is 7.41. The van der Waals surface area contributed by atoms with E-state index >= 15 is 0 Å². The van der Waals surface area contributed by atoms with Crippen LogP contribution < -0.4 is 0 Å². The number of aliphatic hydroxyl groups excluding tert-OH is 1. The van der Waals surface area contributed by atoms with E-state index in [0.717, 1.165) is 5.56 Å². The Morgan fingerprint density at radius 2 is 2.14 bits per heavy atom. The molecule has 0 bridgehead atoms. The first-order chi connectivity index (χ1) is 10.5. The van der Waals surface area contributed by atoms with Crippen molar-refractivity contribution in [2.75, 3.05) is 6.61 Å². The fourth-order valence-corrected chi connectivity index (χ4v) is 3.14. The molecule has 1 aromatic rings. The Hall–Kier alpha value is -2.14. The molecule has 2 aliphatic rings. The van der Waals surface area contributed by atoms with Crippen LogP contribution in [0.15, 0.2) is 42.5 Å². The summed E-state index contributed by atoms with van der Waals surface area (Å²) in [6.07, 6.45) is 2.89. The van der Waals surface area contributed by atoms with Crippen molar-refractivity contribution in [2.45, 2.75) is 31.4 Å². The highest BCUT2D eigenvalue weighted by molar-refractivity contribution is 5.96. The summed E-state index contributed by atoms with van der Waals surface area (Å²) >= 11 is 0. The maximum absolute atomic E-state index is 12.7. The van der Waals surface area contributed by atoms with Crippen LogP contribution in [0.25, 0.3) is 0 Å². The molecule has 1 aliphatic carbocycles. The van der Waals surface area contributed by atoms with Gasteiger partial charge in [-0.1, -0.05) is 42.5 Å². The lowest BCUT2D eigenvalue weighted by Crippen LogP contribution is -2.52. The molecule has 22 heavy (non-hydrogen) atoms. The van der Waals surface area contributed by atoms with Crippen LogP contribution in [-0.4, -0.2) is 40.3 Å². The van der Waals surface area contributed by atoms with Crippen LogP contribution in [0.4, 0.5) is 4.79 Å². The van der Waals surface area contributed by atoms with Crippen molar-refractivity contribution in [1.29, 1.82) is 0 Å². The monoisotopic (exact) mass is 301 g/mol. The quantitative estimate of drug-likeness (QED) is 0.866. The molecule has 0 spiro atoms. The van der Waals surface area contributed by atoms with Gasteiger partial charge in [-0.05, 0) is 25.3 Å². The van der Waals surface area contributed by atoms with Gasteiger partial charge in [-0.15, -0.1) is 0 Å². The Balaban J connectivity index is 1.84. The second-order valence-corrected chi connectivity index (χ2v) is 6.15. The Kier molecular flexibility index (Phi) is 3.74. The van der Waals surface area contributed by atoms with Gasteiger partial charge in [0.05, 0.1) is 17.6 Å². The van der Waals surface area contributed by atoms with Gasteiger partial charge in [-0.2, -0.15) is 0 Å². The summed E-state index contributed by atoms with van der Waals surface area (Å²) in [7, 11) is 0. The van der Waals surface area contributed by atoms with Gasteiger partial charge in [0.25, 0.3) is 0 Å². The van der Waals surface area contributed by atoms with Crippen molar-refractivity contribution < 1.29 is 19.4 Å². The minimum atomic E-state index is -0.832. The van der Waals surface area contributed by atoms with Crippen molar-refractivity contribution in [1.82, 2.24) is 4.90 Å². The minimum Gasteiger partial charge on any atom is -0.447 e. The number of carbonyl (C=O) groups excluding carboxylic acids is 2. The van der Waals surface area contributed by atoms with Gasteiger partial charge in [0.1, 0.15) is 6.61 Å². The van der Waals surface area contributed by atoms with Gasteiger partial charge in [0, 0.05) is 0 Å². The van der Waals surface area contributed by atoms with E-state index < -0.39 is 23.7 Å². The molecule has 1 aromatic carbocycles. The summed E-state index contributed by atoms with van der Waals surface area (Å²) in [5, 5.41) is 9.88. The number of benzene rings is 1. The second-order valence-electron chi connectivity index (χ2n) is 6.15. The molecule has 116 valence electrons. The molecule has 1 aliphatic heterocycles. The van der Waals surface area contributed by atoms with Crippen LogP contribution in [0, 0.1) is 5.92 Å². The van der Waals surface area contributed by atoms with Crippen LogP contribution >= 0.6 is 0 Å². The number of imide groups is 1. The van der Waals surface area contributed by atoms with Crippen molar-refractivity contribution in [3.05, 3.63) is 48.0 Å². The number of hydrogen-bond acceptors (Lipinski definition) is 4. The zero-order valence-electron chi connectivity index (χ0n) is 12.4. The van der Waals surface area contributed by atoms with E-state index in [1.807, 2.05) is 37.3 Å². The maximum Gasteiger partial charge on any atom is 0.417 e. The normalized spacial score (nSPS) is 30.6. The number of allylic oxidation sites excluding steroid dienone is 1. The van der Waals surface area contributed by atoms with E-state index in [9.17, 15) is 14.7 Å². The molecule has 1 fully saturated rings. The summed E-state index contributed by atoms with van der Waals surface area (Å²) in [5.41, 5.74) is 0.309. The van der Waals surface area contributed by atoms with E-state index in [1.165, 1.54) is 4.90 Å². The van der Waals surface area contributed by atoms with Crippen molar-refractivity contribution in [3.8, 4) is 0 Å². The van der Waals surface area contributed by atoms with Crippen LogP contribution in [0.2, 0.25) is 0 Å². The van der Waals surface area contributed by atoms with E-state index in [4.69, 9.17) is 4.74 Å². The second kappa shape index (κ2) is 5.57. The van der Waals surface area contributed by atoms with Crippen LogP contribution in [0.5, 0.6) is 0 Å². The molecular weight excluding hydrogens is 282 g/mol. The Morgan fingerprint density at radius 1 is 1.41 bits per heavy atom. The maximum atomic E-state index is 12.7. The van der Waals surface area contributed by atoms with Crippen LogP contribution in [-0.2, 0) is 16.0 Å². The molecule has 2 amide bonds. The van der Waals surface area contributed by atoms with Gasteiger partial charge in [-0.3, -0.25) is 4.79 Å². The summed E-state index contributed by atoms with van der Waals surface area (Å²) in [5.74, 6) is -0.959. The lowest BCUT2D eigenvalue weighted by molar-refractivity contribution is -0.137. The Labute approximate surface area is 129 Å². The number of cyclic esters (lactones) is 1. The summed E-state index contributed by atoms with van der Waals surface area (Å²) in [6, 6.07) is 9.69. The van der Waals surface area contributed by atoms with E-state index in [2.05, 4.69) is 0 Å². The van der Waals surface area contributed by atoms with Gasteiger partial charge in [0.15, 0.2) is 0 Å². The third-order valence-corrected chi connectivity index (χ3v) is 4.33. The average molecular weight is 301 g/mol. The third-order valence-electron chi connectivity index (χ3n) is 4.33. The highest BCUT2D eigenvalue weighted by Crippen LogP contribution is 2.32. The highest BCUT2D eigenvalue weighted by Gasteiger charge is 2.50. The molecular formula is C17H19NO4. The molecule has 1 heterocycles. The van der Waals surface area contributed by atoms with Gasteiger partial charge in [0.2, 0.25) is 5.91 Å². The molecule has 2 unspecified atom stereocenters. The Bertz CT molecular complexity index is 612. The molecule has 0 aromatic heterocycles. The van der Waals surface area contributed by atoms with E-state index in [0.29, 0.717) is 12.8 Å². The molecule has 3 atom stereocenters. The summed E-state index contributed by atoms with van der Waals surface area (Å²) in [6.45, 7) is 2.01. The van der Waals surface area contributed by atoms with Gasteiger partial charge >= 0.3 is 6.09 Å². The predicted molar refractivity (Wildman–Crippen MR) is 80.0 cm³/mol. The number of carbonyl (C=O) groups is 2. The topological polar surface area (TPSA) is 66.8 Å². The minimum absolute atomic E-state index is 0.169. The SMILES string of the molecule is C[C@]1(Cc2ccccc2)COC(=O)N1C(=O)C1CC=CC1O.